The van der Waals surface area contributed by atoms with Gasteiger partial charge in [0.1, 0.15) is 11.6 Å². The summed E-state index contributed by atoms with van der Waals surface area (Å²) in [5.74, 6) is 0. The Bertz CT molecular complexity index is 1050. The molecule has 0 spiro atoms. The second-order valence-electron chi connectivity index (χ2n) is 5.95. The van der Waals surface area contributed by atoms with Crippen molar-refractivity contribution in [2.75, 3.05) is 0 Å². The fourth-order valence-electron chi connectivity index (χ4n) is 2.48. The quantitative estimate of drug-likeness (QED) is 0.246. The number of nitrogens with zero attached hydrogens (tertiary/aromatic N) is 3. The molecule has 158 valence electrons. The molecule has 3 rings (SSSR count). The molecule has 0 aliphatic carbocycles. The fourth-order valence-corrected chi connectivity index (χ4v) is 4.18. The van der Waals surface area contributed by atoms with Crippen LogP contribution in [0.25, 0.3) is 0 Å². The topological polar surface area (TPSA) is 39.4 Å². The Kier molecular flexibility index (Phi) is 7.38. The molecule has 1 heterocycles. The number of halogens is 6. The first-order chi connectivity index (χ1) is 14.2. The second kappa shape index (κ2) is 9.64. The van der Waals surface area contributed by atoms with Crippen LogP contribution in [-0.4, -0.2) is 16.0 Å². The van der Waals surface area contributed by atoms with Crippen LogP contribution in [0.2, 0.25) is 10.0 Å². The third-order valence-corrected chi connectivity index (χ3v) is 6.25. The molecule has 11 heteroatoms. The number of alkyl halides is 3. The average Bonchev–Trinajstić information content (AvgIpc) is 2.98. The molecule has 0 N–H and O–H groups in total. The molecule has 0 saturated carbocycles. The minimum atomic E-state index is -4.63. The van der Waals surface area contributed by atoms with Gasteiger partial charge in [0.15, 0.2) is 5.69 Å². The smallest absolute Gasteiger partial charge is 0.391 e. The van der Waals surface area contributed by atoms with Gasteiger partial charge in [0, 0.05) is 22.0 Å². The number of aryl methyl sites for hydroxylation is 1. The van der Waals surface area contributed by atoms with E-state index in [1.54, 1.807) is 42.5 Å². The number of hydrogen-bond acceptors (Lipinski definition) is 4. The molecule has 2 aromatic carbocycles. The van der Waals surface area contributed by atoms with Crippen molar-refractivity contribution in [2.45, 2.75) is 22.7 Å². The largest absolute Gasteiger partial charge is 0.435 e. The molecule has 0 aliphatic heterocycles. The van der Waals surface area contributed by atoms with E-state index in [-0.39, 0.29) is 5.56 Å². The van der Waals surface area contributed by atoms with E-state index in [2.05, 4.69) is 26.2 Å². The SMILES string of the molecule is Cn1nc(C(F)(F)F)c(CO/N=C\c2c(Cl)cccc2Cl)c1Sc1ccc(Br)cc1. The number of rotatable bonds is 6. The van der Waals surface area contributed by atoms with Crippen molar-refractivity contribution < 1.29 is 18.0 Å². The van der Waals surface area contributed by atoms with Crippen molar-refractivity contribution >= 4 is 57.1 Å². The zero-order valence-corrected chi connectivity index (χ0v) is 19.2. The van der Waals surface area contributed by atoms with Crippen molar-refractivity contribution in [1.82, 2.24) is 9.78 Å². The Balaban J connectivity index is 1.86. The van der Waals surface area contributed by atoms with Gasteiger partial charge in [-0.05, 0) is 36.4 Å². The van der Waals surface area contributed by atoms with E-state index < -0.39 is 18.5 Å². The number of hydrogen-bond donors (Lipinski definition) is 0. The number of oxime groups is 1. The van der Waals surface area contributed by atoms with Gasteiger partial charge in [0.2, 0.25) is 0 Å². The fraction of sp³-hybridized carbons (Fsp3) is 0.158. The van der Waals surface area contributed by atoms with Gasteiger partial charge in [0.25, 0.3) is 0 Å². The van der Waals surface area contributed by atoms with E-state index in [9.17, 15) is 13.2 Å². The highest BCUT2D eigenvalue weighted by molar-refractivity contribution is 9.10. The van der Waals surface area contributed by atoms with Gasteiger partial charge >= 0.3 is 6.18 Å². The first kappa shape index (κ1) is 23.0. The summed E-state index contributed by atoms with van der Waals surface area (Å²) in [4.78, 5) is 5.91. The van der Waals surface area contributed by atoms with Crippen LogP contribution >= 0.6 is 50.9 Å². The zero-order valence-electron chi connectivity index (χ0n) is 15.3. The lowest BCUT2D eigenvalue weighted by Crippen LogP contribution is -2.10. The van der Waals surface area contributed by atoms with E-state index in [4.69, 9.17) is 28.0 Å². The summed E-state index contributed by atoms with van der Waals surface area (Å²) in [6.07, 6.45) is -3.37. The lowest BCUT2D eigenvalue weighted by molar-refractivity contribution is -0.142. The van der Waals surface area contributed by atoms with Crippen LogP contribution < -0.4 is 0 Å². The molecule has 4 nitrogen and oxygen atoms in total. The van der Waals surface area contributed by atoms with E-state index in [1.165, 1.54) is 17.9 Å². The third kappa shape index (κ3) is 5.51. The molecule has 0 aliphatic rings. The van der Waals surface area contributed by atoms with Crippen molar-refractivity contribution in [3.05, 3.63) is 73.8 Å². The summed E-state index contributed by atoms with van der Waals surface area (Å²) in [5, 5.41) is 8.38. The molecule has 0 saturated heterocycles. The van der Waals surface area contributed by atoms with Crippen LogP contribution in [0.5, 0.6) is 0 Å². The Labute approximate surface area is 193 Å². The summed E-state index contributed by atoms with van der Waals surface area (Å²) in [5.41, 5.74) is -0.719. The molecule has 0 atom stereocenters. The third-order valence-electron chi connectivity index (χ3n) is 3.85. The van der Waals surface area contributed by atoms with Crippen LogP contribution in [0.1, 0.15) is 16.8 Å². The maximum Gasteiger partial charge on any atom is 0.435 e. The lowest BCUT2D eigenvalue weighted by atomic mass is 10.2. The molecule has 0 amide bonds. The monoisotopic (exact) mass is 537 g/mol. The van der Waals surface area contributed by atoms with Crippen LogP contribution in [0.3, 0.4) is 0 Å². The maximum atomic E-state index is 13.5. The average molecular weight is 539 g/mol. The highest BCUT2D eigenvalue weighted by Gasteiger charge is 2.39. The van der Waals surface area contributed by atoms with Crippen LogP contribution in [0.15, 0.2) is 62.0 Å². The Morgan fingerprint density at radius 3 is 2.40 bits per heavy atom. The van der Waals surface area contributed by atoms with Gasteiger partial charge in [0.05, 0.1) is 21.8 Å². The highest BCUT2D eigenvalue weighted by Crippen LogP contribution is 2.39. The summed E-state index contributed by atoms with van der Waals surface area (Å²) < 4.78 is 42.5. The van der Waals surface area contributed by atoms with E-state index in [0.29, 0.717) is 20.6 Å². The highest BCUT2D eigenvalue weighted by atomic mass is 79.9. The Morgan fingerprint density at radius 1 is 1.17 bits per heavy atom. The second-order valence-corrected chi connectivity index (χ2v) is 8.75. The molecule has 30 heavy (non-hydrogen) atoms. The standard InChI is InChI=1S/C19H13BrCl2F3N3OS/c1-28-18(30-12-7-5-11(20)6-8-12)14(17(27-28)19(23,24)25)10-29-26-9-13-15(21)3-2-4-16(13)22/h2-9H,10H2,1H3/b26-9-. The first-order valence-corrected chi connectivity index (χ1v) is 10.7. The predicted molar refractivity (Wildman–Crippen MR) is 115 cm³/mol. The van der Waals surface area contributed by atoms with Crippen LogP contribution in [-0.2, 0) is 24.7 Å². The van der Waals surface area contributed by atoms with Gasteiger partial charge in [-0.15, -0.1) is 0 Å². The zero-order chi connectivity index (χ0) is 21.9. The van der Waals surface area contributed by atoms with Gasteiger partial charge < -0.3 is 4.84 Å². The number of benzene rings is 2. The van der Waals surface area contributed by atoms with Crippen molar-refractivity contribution in [3.63, 3.8) is 0 Å². The maximum absolute atomic E-state index is 13.5. The molecule has 3 aromatic rings. The van der Waals surface area contributed by atoms with Crippen molar-refractivity contribution in [3.8, 4) is 0 Å². The molecule has 0 radical (unpaired) electrons. The van der Waals surface area contributed by atoms with Crippen LogP contribution in [0, 0.1) is 0 Å². The van der Waals surface area contributed by atoms with Crippen LogP contribution in [0.4, 0.5) is 13.2 Å². The molecular weight excluding hydrogens is 526 g/mol. The van der Waals surface area contributed by atoms with E-state index in [1.807, 2.05) is 0 Å². The molecule has 1 aromatic heterocycles. The van der Waals surface area contributed by atoms with Crippen molar-refractivity contribution in [2.24, 2.45) is 12.2 Å². The van der Waals surface area contributed by atoms with Gasteiger partial charge in [-0.3, -0.25) is 4.68 Å². The minimum Gasteiger partial charge on any atom is -0.391 e. The molecule has 0 bridgehead atoms. The molecular formula is C19H13BrCl2F3N3OS. The first-order valence-electron chi connectivity index (χ1n) is 8.32. The van der Waals surface area contributed by atoms with Crippen molar-refractivity contribution in [1.29, 1.82) is 0 Å². The van der Waals surface area contributed by atoms with Gasteiger partial charge in [-0.2, -0.15) is 18.3 Å². The Morgan fingerprint density at radius 2 is 1.80 bits per heavy atom. The lowest BCUT2D eigenvalue weighted by Gasteiger charge is -2.08. The summed E-state index contributed by atoms with van der Waals surface area (Å²) >= 11 is 16.6. The summed E-state index contributed by atoms with van der Waals surface area (Å²) in [6.45, 7) is -0.430. The normalized spacial score (nSPS) is 12.0. The minimum absolute atomic E-state index is 0.111. The number of aromatic nitrogens is 2. The van der Waals surface area contributed by atoms with Gasteiger partial charge in [-0.1, -0.05) is 62.1 Å². The molecule has 0 fully saturated rings. The van der Waals surface area contributed by atoms with Gasteiger partial charge in [-0.25, -0.2) is 0 Å². The van der Waals surface area contributed by atoms with E-state index >= 15 is 0 Å². The summed E-state index contributed by atoms with van der Waals surface area (Å²) in [7, 11) is 1.45. The van der Waals surface area contributed by atoms with E-state index in [0.717, 1.165) is 21.1 Å². The predicted octanol–water partition coefficient (Wildman–Crippen LogP) is 7.21. The Hall–Kier alpha value is -1.68. The molecule has 0 unspecified atom stereocenters. The summed E-state index contributed by atoms with van der Waals surface area (Å²) in [6, 6.07) is 12.1.